The summed E-state index contributed by atoms with van der Waals surface area (Å²) in [4.78, 5) is 48.1. The molecule has 39 heavy (non-hydrogen) atoms. The van der Waals surface area contributed by atoms with E-state index in [1.165, 1.54) is 24.2 Å². The van der Waals surface area contributed by atoms with Crippen LogP contribution in [0.2, 0.25) is 0 Å². The van der Waals surface area contributed by atoms with Gasteiger partial charge in [0.2, 0.25) is 0 Å². The fourth-order valence-corrected chi connectivity index (χ4v) is 6.96. The molecule has 2 aromatic carbocycles. The minimum Gasteiger partial charge on any atom is -0.480 e. The lowest BCUT2D eigenvalue weighted by molar-refractivity contribution is -0.145. The second-order valence-electron chi connectivity index (χ2n) is 11.6. The first-order valence-corrected chi connectivity index (χ1v) is 14.6. The molecule has 2 aromatic rings. The van der Waals surface area contributed by atoms with Crippen molar-refractivity contribution >= 4 is 29.4 Å². The normalized spacial score (nSPS) is 24.9. The van der Waals surface area contributed by atoms with Crippen LogP contribution in [0, 0.1) is 5.92 Å². The van der Waals surface area contributed by atoms with E-state index in [1.54, 1.807) is 4.90 Å². The molecule has 8 heteroatoms. The van der Waals surface area contributed by atoms with Crippen LogP contribution in [0.15, 0.2) is 60.7 Å². The highest BCUT2D eigenvalue weighted by molar-refractivity contribution is 6.01. The van der Waals surface area contributed by atoms with Crippen LogP contribution in [-0.2, 0) is 4.79 Å². The van der Waals surface area contributed by atoms with E-state index in [4.69, 9.17) is 0 Å². The maximum atomic E-state index is 14.2. The van der Waals surface area contributed by atoms with Crippen LogP contribution in [0.4, 0.5) is 21.0 Å². The first-order valence-electron chi connectivity index (χ1n) is 14.6. The van der Waals surface area contributed by atoms with E-state index in [1.807, 2.05) is 65.6 Å². The minimum absolute atomic E-state index is 0.0168. The molecule has 2 aliphatic heterocycles. The summed E-state index contributed by atoms with van der Waals surface area (Å²) in [6, 6.07) is 16.8. The number of rotatable bonds is 6. The summed E-state index contributed by atoms with van der Waals surface area (Å²) in [7, 11) is 0. The third-order valence-corrected chi connectivity index (χ3v) is 9.01. The van der Waals surface area contributed by atoms with Crippen molar-refractivity contribution in [2.24, 2.45) is 5.92 Å². The zero-order valence-corrected chi connectivity index (χ0v) is 22.4. The van der Waals surface area contributed by atoms with Crippen LogP contribution in [-0.4, -0.2) is 75.1 Å². The van der Waals surface area contributed by atoms with Gasteiger partial charge in [-0.3, -0.25) is 4.90 Å². The highest BCUT2D eigenvalue weighted by Gasteiger charge is 2.55. The Bertz CT molecular complexity index is 1140. The Hall–Kier alpha value is -3.55. The molecule has 4 fully saturated rings. The zero-order chi connectivity index (χ0) is 26.9. The van der Waals surface area contributed by atoms with E-state index in [0.717, 1.165) is 32.2 Å². The number of piperazine rings is 1. The quantitative estimate of drug-likeness (QED) is 0.518. The smallest absolute Gasteiger partial charge is 0.329 e. The molecule has 3 atom stereocenters. The largest absolute Gasteiger partial charge is 0.480 e. The van der Waals surface area contributed by atoms with Gasteiger partial charge in [-0.2, -0.15) is 0 Å². The number of likely N-dealkylation sites (tertiary alicyclic amines) is 1. The molecule has 2 heterocycles. The molecule has 2 bridgehead atoms. The lowest BCUT2D eigenvalue weighted by atomic mass is 9.89. The molecule has 2 aliphatic carbocycles. The van der Waals surface area contributed by atoms with Crippen LogP contribution < -0.4 is 4.90 Å². The van der Waals surface area contributed by atoms with Gasteiger partial charge in [-0.15, -0.1) is 0 Å². The van der Waals surface area contributed by atoms with E-state index in [9.17, 15) is 19.5 Å². The van der Waals surface area contributed by atoms with E-state index in [0.29, 0.717) is 30.1 Å². The molecule has 4 aliphatic rings. The van der Waals surface area contributed by atoms with Crippen LogP contribution >= 0.6 is 0 Å². The molecular weight excluding hydrogens is 492 g/mol. The molecule has 1 N–H and O–H groups in total. The van der Waals surface area contributed by atoms with Crippen molar-refractivity contribution in [2.45, 2.75) is 82.0 Å². The predicted molar refractivity (Wildman–Crippen MR) is 149 cm³/mol. The van der Waals surface area contributed by atoms with Gasteiger partial charge < -0.3 is 19.8 Å². The van der Waals surface area contributed by atoms with Crippen molar-refractivity contribution in [3.05, 3.63) is 60.7 Å². The van der Waals surface area contributed by atoms with Crippen molar-refractivity contribution in [1.29, 1.82) is 0 Å². The maximum Gasteiger partial charge on any atom is 0.329 e. The third-order valence-electron chi connectivity index (χ3n) is 9.01. The SMILES string of the molecule is O=C(O)[C@@H]1[C@H]2CC[C@@H](CN1C(=O)N(c1ccccc1)c1ccccc1)N2C(=O)N(CC1CCCCC1)C1CC1. The van der Waals surface area contributed by atoms with Crippen LogP contribution in [0.3, 0.4) is 0 Å². The second-order valence-corrected chi connectivity index (χ2v) is 11.6. The average Bonchev–Trinajstić information content (AvgIpc) is 3.76. The number of benzene rings is 2. The minimum atomic E-state index is -1.09. The Morgan fingerprint density at radius 2 is 1.38 bits per heavy atom. The number of carbonyl (C=O) groups is 3. The average molecular weight is 531 g/mol. The van der Waals surface area contributed by atoms with Gasteiger partial charge >= 0.3 is 18.0 Å². The van der Waals surface area contributed by atoms with Crippen molar-refractivity contribution in [1.82, 2.24) is 14.7 Å². The molecule has 2 saturated heterocycles. The molecule has 0 aromatic heterocycles. The summed E-state index contributed by atoms with van der Waals surface area (Å²) < 4.78 is 0. The molecule has 4 amide bonds. The Kier molecular flexibility index (Phi) is 7.19. The number of para-hydroxylation sites is 2. The first-order chi connectivity index (χ1) is 19.0. The number of carboxylic acids is 1. The highest BCUT2D eigenvalue weighted by Crippen LogP contribution is 2.40. The molecule has 0 radical (unpaired) electrons. The number of amides is 4. The fourth-order valence-electron chi connectivity index (χ4n) is 6.96. The van der Waals surface area contributed by atoms with E-state index in [-0.39, 0.29) is 30.7 Å². The Labute approximate surface area is 230 Å². The fraction of sp³-hybridized carbons (Fsp3) is 0.516. The molecular formula is C31H38N4O4. The van der Waals surface area contributed by atoms with Crippen molar-refractivity contribution < 1.29 is 19.5 Å². The number of urea groups is 2. The van der Waals surface area contributed by atoms with Gasteiger partial charge in [0, 0.05) is 19.1 Å². The Morgan fingerprint density at radius 1 is 0.769 bits per heavy atom. The van der Waals surface area contributed by atoms with Gasteiger partial charge in [0.05, 0.1) is 23.5 Å². The van der Waals surface area contributed by atoms with Crippen LogP contribution in [0.1, 0.15) is 57.8 Å². The number of hydrogen-bond acceptors (Lipinski definition) is 3. The molecule has 8 nitrogen and oxygen atoms in total. The molecule has 6 rings (SSSR count). The van der Waals surface area contributed by atoms with Gasteiger partial charge in [-0.05, 0) is 68.7 Å². The number of aliphatic carboxylic acids is 1. The van der Waals surface area contributed by atoms with Gasteiger partial charge in [0.15, 0.2) is 6.04 Å². The summed E-state index contributed by atoms with van der Waals surface area (Å²) in [5.41, 5.74) is 1.35. The van der Waals surface area contributed by atoms with E-state index < -0.39 is 18.1 Å². The summed E-state index contributed by atoms with van der Waals surface area (Å²) in [5, 5.41) is 10.5. The number of anilines is 2. The number of hydrogen-bond donors (Lipinski definition) is 1. The number of carboxylic acid groups (broad SMARTS) is 1. The van der Waals surface area contributed by atoms with Crippen molar-refractivity contribution in [3.8, 4) is 0 Å². The molecule has 0 unspecified atom stereocenters. The maximum absolute atomic E-state index is 14.2. The second kappa shape index (κ2) is 10.9. The topological polar surface area (TPSA) is 84.4 Å². The van der Waals surface area contributed by atoms with Gasteiger partial charge in [0.1, 0.15) is 0 Å². The monoisotopic (exact) mass is 530 g/mol. The van der Waals surface area contributed by atoms with Crippen molar-refractivity contribution in [2.75, 3.05) is 18.0 Å². The first kappa shape index (κ1) is 25.7. The highest BCUT2D eigenvalue weighted by atomic mass is 16.4. The number of nitrogens with zero attached hydrogens (tertiary/aromatic N) is 4. The standard InChI is InChI=1S/C31H38N4O4/c36-29(37)28-27-19-18-26(35(27)30(38)32(23-16-17-23)20-22-10-4-1-5-11-22)21-33(28)31(39)34(24-12-6-2-7-13-24)25-14-8-3-9-15-25/h2-3,6-9,12-15,22-23,26-28H,1,4-5,10-11,16-21H2,(H,36,37)/t26-,27+,28-/m0/s1. The number of carbonyl (C=O) groups excluding carboxylic acids is 2. The summed E-state index contributed by atoms with van der Waals surface area (Å²) in [6.07, 6.45) is 9.41. The lowest BCUT2D eigenvalue weighted by Crippen LogP contribution is -2.67. The van der Waals surface area contributed by atoms with E-state index >= 15 is 0 Å². The van der Waals surface area contributed by atoms with Gasteiger partial charge in [-0.1, -0.05) is 55.7 Å². The Balaban J connectivity index is 1.28. The molecule has 206 valence electrons. The number of fused-ring (bicyclic) bond motifs is 2. The van der Waals surface area contributed by atoms with Gasteiger partial charge in [-0.25, -0.2) is 14.4 Å². The van der Waals surface area contributed by atoms with Crippen molar-refractivity contribution in [3.63, 3.8) is 0 Å². The van der Waals surface area contributed by atoms with Gasteiger partial charge in [0.25, 0.3) is 0 Å². The zero-order valence-electron chi connectivity index (χ0n) is 22.4. The third kappa shape index (κ3) is 5.09. The molecule has 0 spiro atoms. The van der Waals surface area contributed by atoms with Crippen LogP contribution in [0.5, 0.6) is 0 Å². The Morgan fingerprint density at radius 3 is 1.95 bits per heavy atom. The summed E-state index contributed by atoms with van der Waals surface area (Å²) in [5.74, 6) is -0.526. The molecule has 2 saturated carbocycles. The summed E-state index contributed by atoms with van der Waals surface area (Å²) >= 11 is 0. The summed E-state index contributed by atoms with van der Waals surface area (Å²) in [6.45, 7) is 0.992. The van der Waals surface area contributed by atoms with E-state index in [2.05, 4.69) is 4.90 Å². The predicted octanol–water partition coefficient (Wildman–Crippen LogP) is 5.71. The van der Waals surface area contributed by atoms with Crippen LogP contribution in [0.25, 0.3) is 0 Å². The lowest BCUT2D eigenvalue weighted by Gasteiger charge is -2.47.